The highest BCUT2D eigenvalue weighted by molar-refractivity contribution is 6.29. The maximum Gasteiger partial charge on any atom is 0.223 e. The third kappa shape index (κ3) is 3.11. The van der Waals surface area contributed by atoms with Crippen molar-refractivity contribution in [1.82, 2.24) is 9.97 Å². The van der Waals surface area contributed by atoms with Crippen molar-refractivity contribution in [3.05, 3.63) is 35.0 Å². The molecule has 1 aromatic heterocycles. The Balaban J connectivity index is 1.79. The number of nitrogens with zero attached hydrogens (tertiary/aromatic N) is 3. The summed E-state index contributed by atoms with van der Waals surface area (Å²) in [4.78, 5) is 9.96. The van der Waals surface area contributed by atoms with Crippen molar-refractivity contribution in [2.75, 3.05) is 30.9 Å². The second kappa shape index (κ2) is 5.65. The molecule has 2 N–H and O–H groups in total. The number of anilines is 2. The van der Waals surface area contributed by atoms with Crippen LogP contribution >= 0.6 is 11.6 Å². The quantitative estimate of drug-likeness (QED) is 0.876. The zero-order valence-electron chi connectivity index (χ0n) is 11.5. The molecule has 0 bridgehead atoms. The first-order valence-electron chi connectivity index (χ1n) is 6.51. The lowest BCUT2D eigenvalue weighted by molar-refractivity contribution is 0.171. The predicted molar refractivity (Wildman–Crippen MR) is 81.0 cm³/mol. The lowest BCUT2D eigenvalue weighted by atomic mass is 10.2. The SMILES string of the molecule is CN(Cc1ccc2c(c1)OCCO2)c1cc(Cl)nc(N)n1. The second-order valence-corrected chi connectivity index (χ2v) is 5.13. The molecule has 2 heterocycles. The van der Waals surface area contributed by atoms with E-state index in [1.165, 1.54) is 0 Å². The van der Waals surface area contributed by atoms with Crippen LogP contribution in [0.25, 0.3) is 0 Å². The Kier molecular flexibility index (Phi) is 3.70. The van der Waals surface area contributed by atoms with Crippen LogP contribution in [-0.4, -0.2) is 30.2 Å². The Morgan fingerprint density at radius 2 is 1.95 bits per heavy atom. The normalized spacial score (nSPS) is 13.0. The molecule has 21 heavy (non-hydrogen) atoms. The van der Waals surface area contributed by atoms with Crippen LogP contribution in [0, 0.1) is 0 Å². The predicted octanol–water partition coefficient (Wildman–Crippen LogP) is 2.12. The number of fused-ring (bicyclic) bond motifs is 1. The minimum absolute atomic E-state index is 0.159. The minimum Gasteiger partial charge on any atom is -0.486 e. The van der Waals surface area contributed by atoms with Crippen LogP contribution in [0.2, 0.25) is 5.15 Å². The Morgan fingerprint density at radius 3 is 2.71 bits per heavy atom. The fraction of sp³-hybridized carbons (Fsp3) is 0.286. The highest BCUT2D eigenvalue weighted by Gasteiger charge is 2.13. The van der Waals surface area contributed by atoms with Crippen molar-refractivity contribution < 1.29 is 9.47 Å². The molecular formula is C14H15ClN4O2. The third-order valence-corrected chi connectivity index (χ3v) is 3.31. The fourth-order valence-corrected chi connectivity index (χ4v) is 2.34. The molecule has 0 saturated carbocycles. The molecule has 110 valence electrons. The molecule has 1 aliphatic rings. The van der Waals surface area contributed by atoms with Crippen molar-refractivity contribution in [3.8, 4) is 11.5 Å². The zero-order valence-corrected chi connectivity index (χ0v) is 12.3. The Hall–Kier alpha value is -2.21. The van der Waals surface area contributed by atoms with E-state index < -0.39 is 0 Å². The van der Waals surface area contributed by atoms with Gasteiger partial charge in [0.1, 0.15) is 24.2 Å². The average Bonchev–Trinajstić information content (AvgIpc) is 2.46. The van der Waals surface area contributed by atoms with Gasteiger partial charge in [0.05, 0.1) is 0 Å². The lowest BCUT2D eigenvalue weighted by Gasteiger charge is -2.21. The summed E-state index contributed by atoms with van der Waals surface area (Å²) in [5.41, 5.74) is 6.69. The van der Waals surface area contributed by atoms with Gasteiger partial charge >= 0.3 is 0 Å². The van der Waals surface area contributed by atoms with Crippen molar-refractivity contribution in [3.63, 3.8) is 0 Å². The van der Waals surface area contributed by atoms with Gasteiger partial charge in [-0.25, -0.2) is 4.98 Å². The van der Waals surface area contributed by atoms with E-state index in [1.807, 2.05) is 30.1 Å². The number of aromatic nitrogens is 2. The molecule has 3 rings (SSSR count). The summed E-state index contributed by atoms with van der Waals surface area (Å²) in [7, 11) is 1.91. The van der Waals surface area contributed by atoms with Crippen LogP contribution < -0.4 is 20.1 Å². The molecule has 1 aliphatic heterocycles. The summed E-state index contributed by atoms with van der Waals surface area (Å²) in [5.74, 6) is 2.38. The number of halogens is 1. The average molecular weight is 307 g/mol. The molecule has 0 radical (unpaired) electrons. The summed E-state index contributed by atoms with van der Waals surface area (Å²) in [6.45, 7) is 1.80. The summed E-state index contributed by atoms with van der Waals surface area (Å²) < 4.78 is 11.1. The van der Waals surface area contributed by atoms with Crippen LogP contribution in [0.1, 0.15) is 5.56 Å². The maximum absolute atomic E-state index is 5.90. The number of nitrogen functional groups attached to an aromatic ring is 1. The Labute approximate surface area is 127 Å². The Bertz CT molecular complexity index is 645. The molecule has 0 atom stereocenters. The molecule has 0 spiro atoms. The van der Waals surface area contributed by atoms with Crippen molar-refractivity contribution in [1.29, 1.82) is 0 Å². The van der Waals surface area contributed by atoms with Gasteiger partial charge in [-0.1, -0.05) is 17.7 Å². The van der Waals surface area contributed by atoms with E-state index in [1.54, 1.807) is 6.07 Å². The molecule has 0 fully saturated rings. The molecule has 1 aromatic carbocycles. The zero-order chi connectivity index (χ0) is 14.8. The summed E-state index contributed by atoms with van der Waals surface area (Å²) >= 11 is 5.90. The van der Waals surface area contributed by atoms with E-state index in [9.17, 15) is 0 Å². The molecular weight excluding hydrogens is 292 g/mol. The largest absolute Gasteiger partial charge is 0.486 e. The standard InChI is InChI=1S/C14H15ClN4O2/c1-19(13-7-12(15)17-14(16)18-13)8-9-2-3-10-11(6-9)21-5-4-20-10/h2-3,6-7H,4-5,8H2,1H3,(H2,16,17,18). The molecule has 2 aromatic rings. The van der Waals surface area contributed by atoms with Crippen LogP contribution in [0.4, 0.5) is 11.8 Å². The van der Waals surface area contributed by atoms with E-state index in [0.29, 0.717) is 30.7 Å². The Morgan fingerprint density at radius 1 is 1.19 bits per heavy atom. The highest BCUT2D eigenvalue weighted by atomic mass is 35.5. The number of rotatable bonds is 3. The van der Waals surface area contributed by atoms with Gasteiger partial charge in [-0.2, -0.15) is 4.98 Å². The van der Waals surface area contributed by atoms with Crippen molar-refractivity contribution >= 4 is 23.4 Å². The van der Waals surface area contributed by atoms with E-state index in [4.69, 9.17) is 26.8 Å². The fourth-order valence-electron chi connectivity index (χ4n) is 2.16. The van der Waals surface area contributed by atoms with Gasteiger partial charge in [0.15, 0.2) is 11.5 Å². The molecule has 7 heteroatoms. The highest BCUT2D eigenvalue weighted by Crippen LogP contribution is 2.31. The summed E-state index contributed by atoms with van der Waals surface area (Å²) in [5, 5.41) is 0.325. The van der Waals surface area contributed by atoms with Gasteiger partial charge in [0, 0.05) is 19.7 Å². The number of ether oxygens (including phenoxy) is 2. The van der Waals surface area contributed by atoms with Gasteiger partial charge in [-0.15, -0.1) is 0 Å². The van der Waals surface area contributed by atoms with E-state index >= 15 is 0 Å². The summed E-state index contributed by atoms with van der Waals surface area (Å²) in [6.07, 6.45) is 0. The van der Waals surface area contributed by atoms with Gasteiger partial charge in [-0.05, 0) is 17.7 Å². The molecule has 0 aliphatic carbocycles. The first kappa shape index (κ1) is 13.8. The topological polar surface area (TPSA) is 73.5 Å². The smallest absolute Gasteiger partial charge is 0.223 e. The van der Waals surface area contributed by atoms with Crippen LogP contribution in [-0.2, 0) is 6.54 Å². The van der Waals surface area contributed by atoms with Gasteiger partial charge in [0.2, 0.25) is 5.95 Å². The summed E-state index contributed by atoms with van der Waals surface area (Å²) in [6, 6.07) is 7.56. The minimum atomic E-state index is 0.159. The molecule has 6 nitrogen and oxygen atoms in total. The number of benzene rings is 1. The van der Waals surface area contributed by atoms with Crippen molar-refractivity contribution in [2.24, 2.45) is 0 Å². The number of nitrogens with two attached hydrogens (primary N) is 1. The van der Waals surface area contributed by atoms with Crippen LogP contribution in [0.5, 0.6) is 11.5 Å². The van der Waals surface area contributed by atoms with Gasteiger partial charge < -0.3 is 20.1 Å². The second-order valence-electron chi connectivity index (χ2n) is 4.74. The van der Waals surface area contributed by atoms with E-state index in [0.717, 1.165) is 17.1 Å². The molecule has 0 unspecified atom stereocenters. The van der Waals surface area contributed by atoms with Gasteiger partial charge in [0.25, 0.3) is 0 Å². The van der Waals surface area contributed by atoms with Gasteiger partial charge in [-0.3, -0.25) is 0 Å². The lowest BCUT2D eigenvalue weighted by Crippen LogP contribution is -2.19. The number of hydrogen-bond acceptors (Lipinski definition) is 6. The monoisotopic (exact) mass is 306 g/mol. The van der Waals surface area contributed by atoms with E-state index in [2.05, 4.69) is 9.97 Å². The van der Waals surface area contributed by atoms with Crippen LogP contribution in [0.3, 0.4) is 0 Å². The van der Waals surface area contributed by atoms with E-state index in [-0.39, 0.29) is 5.95 Å². The molecule has 0 amide bonds. The maximum atomic E-state index is 5.90. The third-order valence-electron chi connectivity index (χ3n) is 3.12. The first-order valence-corrected chi connectivity index (χ1v) is 6.89. The first-order chi connectivity index (χ1) is 10.1. The molecule has 0 saturated heterocycles. The van der Waals surface area contributed by atoms with Crippen LogP contribution in [0.15, 0.2) is 24.3 Å². The van der Waals surface area contributed by atoms with Crippen molar-refractivity contribution in [2.45, 2.75) is 6.54 Å². The number of hydrogen-bond donors (Lipinski definition) is 1.